The number of sulfonamides is 1. The average molecular weight is 634 g/mol. The normalized spacial score (nSPS) is 13.2. The number of carboxylic acid groups (broad SMARTS) is 1. The monoisotopic (exact) mass is 633 g/mol. The summed E-state index contributed by atoms with van der Waals surface area (Å²) in [6.07, 6.45) is -0.760. The van der Waals surface area contributed by atoms with Crippen molar-refractivity contribution in [2.75, 3.05) is 13.7 Å². The number of aromatic nitrogens is 1. The lowest BCUT2D eigenvalue weighted by atomic mass is 10.1. The van der Waals surface area contributed by atoms with Gasteiger partial charge < -0.3 is 15.2 Å². The van der Waals surface area contributed by atoms with Crippen molar-refractivity contribution in [1.82, 2.24) is 15.0 Å². The van der Waals surface area contributed by atoms with Gasteiger partial charge in [-0.3, -0.25) is 4.98 Å². The molecule has 5 rings (SSSR count). The number of rotatable bonds is 10. The Balaban J connectivity index is 0.000000541. The molecule has 8 nitrogen and oxygen atoms in total. The molecular formula is C30H30F3N3O5S2. The molecule has 13 heteroatoms. The number of pyridine rings is 1. The summed E-state index contributed by atoms with van der Waals surface area (Å²) in [5.41, 5.74) is 5.72. The maximum absolute atomic E-state index is 12.9. The highest BCUT2D eigenvalue weighted by atomic mass is 32.2. The zero-order valence-electron chi connectivity index (χ0n) is 23.1. The Bertz CT molecular complexity index is 1620. The number of nitrogens with one attached hydrogen (secondary N) is 2. The first-order valence-corrected chi connectivity index (χ1v) is 15.5. The molecule has 0 saturated heterocycles. The summed E-state index contributed by atoms with van der Waals surface area (Å²) >= 11 is 1.25. The van der Waals surface area contributed by atoms with Gasteiger partial charge in [-0.2, -0.15) is 13.2 Å². The molecule has 0 spiro atoms. The fraction of sp³-hybridized carbons (Fsp3) is 0.267. The van der Waals surface area contributed by atoms with Crippen LogP contribution in [0.15, 0.2) is 83.2 Å². The molecular weight excluding hydrogens is 603 g/mol. The van der Waals surface area contributed by atoms with Gasteiger partial charge in [0.05, 0.1) is 7.11 Å². The maximum Gasteiger partial charge on any atom is 0.490 e. The Morgan fingerprint density at radius 2 is 1.72 bits per heavy atom. The Morgan fingerprint density at radius 3 is 2.33 bits per heavy atom. The van der Waals surface area contributed by atoms with E-state index < -0.39 is 22.2 Å². The highest BCUT2D eigenvalue weighted by Gasteiger charge is 2.38. The number of ether oxygens (including phenoxy) is 1. The fourth-order valence-electron chi connectivity index (χ4n) is 4.56. The Labute approximate surface area is 251 Å². The van der Waals surface area contributed by atoms with E-state index in [1.807, 2.05) is 30.3 Å². The van der Waals surface area contributed by atoms with Gasteiger partial charge in [-0.05, 0) is 65.9 Å². The largest absolute Gasteiger partial charge is 0.496 e. The van der Waals surface area contributed by atoms with Crippen LogP contribution in [0.5, 0.6) is 5.75 Å². The quantitative estimate of drug-likeness (QED) is 0.219. The van der Waals surface area contributed by atoms with Crippen molar-refractivity contribution in [3.05, 3.63) is 101 Å². The summed E-state index contributed by atoms with van der Waals surface area (Å²) in [4.78, 5) is 14.0. The number of aliphatic carboxylic acids is 1. The van der Waals surface area contributed by atoms with E-state index in [4.69, 9.17) is 14.6 Å². The third kappa shape index (κ3) is 8.86. The predicted octanol–water partition coefficient (Wildman–Crippen LogP) is 5.23. The van der Waals surface area contributed by atoms with Crippen LogP contribution in [0.1, 0.15) is 22.4 Å². The van der Waals surface area contributed by atoms with E-state index in [0.29, 0.717) is 19.0 Å². The van der Waals surface area contributed by atoms with Gasteiger partial charge in [-0.25, -0.2) is 17.9 Å². The average Bonchev–Trinajstić information content (AvgIpc) is 3.64. The lowest BCUT2D eigenvalue weighted by Crippen LogP contribution is -2.28. The van der Waals surface area contributed by atoms with Crippen molar-refractivity contribution in [1.29, 1.82) is 0 Å². The number of benzene rings is 2. The predicted molar refractivity (Wildman–Crippen MR) is 158 cm³/mol. The Morgan fingerprint density at radius 1 is 1.05 bits per heavy atom. The van der Waals surface area contributed by atoms with E-state index in [-0.39, 0.29) is 4.21 Å². The number of nitrogens with zero attached hydrogens (tertiary/aromatic N) is 1. The minimum atomic E-state index is -5.08. The van der Waals surface area contributed by atoms with Crippen LogP contribution in [0.2, 0.25) is 0 Å². The first-order chi connectivity index (χ1) is 20.5. The second-order valence-corrected chi connectivity index (χ2v) is 12.8. The summed E-state index contributed by atoms with van der Waals surface area (Å²) in [7, 11) is -1.97. The van der Waals surface area contributed by atoms with Crippen molar-refractivity contribution in [2.45, 2.75) is 42.2 Å². The van der Waals surface area contributed by atoms with Crippen molar-refractivity contribution < 1.29 is 36.2 Å². The van der Waals surface area contributed by atoms with Gasteiger partial charge in [0.25, 0.3) is 0 Å². The van der Waals surface area contributed by atoms with E-state index in [1.165, 1.54) is 22.5 Å². The first-order valence-electron chi connectivity index (χ1n) is 13.2. The highest BCUT2D eigenvalue weighted by molar-refractivity contribution is 7.91. The molecule has 0 radical (unpaired) electrons. The maximum atomic E-state index is 12.9. The summed E-state index contributed by atoms with van der Waals surface area (Å²) in [5.74, 6) is -2.03. The Hall–Kier alpha value is -3.78. The fourth-order valence-corrected chi connectivity index (χ4v) is 6.97. The lowest BCUT2D eigenvalue weighted by Gasteiger charge is -2.14. The smallest absolute Gasteiger partial charge is 0.490 e. The van der Waals surface area contributed by atoms with E-state index in [2.05, 4.69) is 51.4 Å². The summed E-state index contributed by atoms with van der Waals surface area (Å²) < 4.78 is 66.0. The number of halogens is 3. The van der Waals surface area contributed by atoms with Gasteiger partial charge in [0.1, 0.15) is 9.96 Å². The van der Waals surface area contributed by atoms with Crippen LogP contribution < -0.4 is 14.8 Å². The molecule has 1 aliphatic carbocycles. The number of methoxy groups -OCH3 is 1. The van der Waals surface area contributed by atoms with Gasteiger partial charge in [-0.15, -0.1) is 11.3 Å². The molecule has 0 unspecified atom stereocenters. The first kappa shape index (κ1) is 32.1. The molecule has 2 aromatic heterocycles. The standard InChI is InChI=1S/C28H29N3O3S2.C2HF3O2/c1-34-26-10-9-20(19-30-24-17-21-6-2-3-7-22(21)18-24)16-25(26)27-11-12-28(35-27)36(32,33)31-15-13-23-8-4-5-14-29-23;3-2(4,5)1(6)7/h2-12,14,16,24,30-31H,13,15,17-19H2,1H3;(H,6,7). The second kappa shape index (κ2) is 14.1. The van der Waals surface area contributed by atoms with Gasteiger partial charge in [-0.1, -0.05) is 36.4 Å². The number of hydrogen-bond donors (Lipinski definition) is 3. The number of fused-ring (bicyclic) bond motifs is 1. The molecule has 3 N–H and O–H groups in total. The van der Waals surface area contributed by atoms with Crippen LogP contribution >= 0.6 is 11.3 Å². The molecule has 1 aliphatic rings. The van der Waals surface area contributed by atoms with E-state index >= 15 is 0 Å². The molecule has 0 saturated carbocycles. The third-order valence-electron chi connectivity index (χ3n) is 6.66. The Kier molecular flexibility index (Phi) is 10.6. The summed E-state index contributed by atoms with van der Waals surface area (Å²) in [6.45, 7) is 1.03. The highest BCUT2D eigenvalue weighted by Crippen LogP contribution is 2.37. The SMILES string of the molecule is COc1ccc(CNC2Cc3ccccc3C2)cc1-c1ccc(S(=O)(=O)NCCc2ccccn2)s1.O=C(O)C(F)(F)F. The van der Waals surface area contributed by atoms with E-state index in [1.54, 1.807) is 19.4 Å². The summed E-state index contributed by atoms with van der Waals surface area (Å²) in [5, 5.41) is 10.8. The molecule has 0 bridgehead atoms. The molecule has 228 valence electrons. The van der Waals surface area contributed by atoms with E-state index in [0.717, 1.165) is 46.8 Å². The summed E-state index contributed by atoms with van der Waals surface area (Å²) in [6, 6.07) is 24.3. The van der Waals surface area contributed by atoms with Crippen molar-refractivity contribution >= 4 is 27.3 Å². The molecule has 2 heterocycles. The number of carbonyl (C=O) groups is 1. The zero-order valence-corrected chi connectivity index (χ0v) is 24.7. The van der Waals surface area contributed by atoms with Crippen LogP contribution in [-0.2, 0) is 40.6 Å². The molecule has 2 aromatic carbocycles. The number of carboxylic acids is 1. The van der Waals surface area contributed by atoms with Crippen LogP contribution in [0, 0.1) is 0 Å². The minimum absolute atomic E-state index is 0.285. The third-order valence-corrected chi connectivity index (χ3v) is 9.73. The van der Waals surface area contributed by atoms with Crippen LogP contribution in [-0.4, -0.2) is 50.4 Å². The van der Waals surface area contributed by atoms with Crippen LogP contribution in [0.3, 0.4) is 0 Å². The molecule has 4 aromatic rings. The van der Waals surface area contributed by atoms with Crippen molar-refractivity contribution in [3.63, 3.8) is 0 Å². The van der Waals surface area contributed by atoms with Crippen LogP contribution in [0.4, 0.5) is 13.2 Å². The van der Waals surface area contributed by atoms with Gasteiger partial charge in [0, 0.05) is 47.9 Å². The van der Waals surface area contributed by atoms with Crippen LogP contribution in [0.25, 0.3) is 10.4 Å². The number of hydrogen-bond acceptors (Lipinski definition) is 7. The zero-order chi connectivity index (χ0) is 31.0. The number of alkyl halides is 3. The van der Waals surface area contributed by atoms with Crippen molar-refractivity contribution in [3.8, 4) is 16.2 Å². The molecule has 0 atom stereocenters. The van der Waals surface area contributed by atoms with Gasteiger partial charge in [0.15, 0.2) is 0 Å². The van der Waals surface area contributed by atoms with Crippen molar-refractivity contribution in [2.24, 2.45) is 0 Å². The molecule has 0 aliphatic heterocycles. The topological polar surface area (TPSA) is 118 Å². The minimum Gasteiger partial charge on any atom is -0.496 e. The molecule has 0 amide bonds. The molecule has 43 heavy (non-hydrogen) atoms. The lowest BCUT2D eigenvalue weighted by molar-refractivity contribution is -0.192. The van der Waals surface area contributed by atoms with E-state index in [9.17, 15) is 21.6 Å². The van der Waals surface area contributed by atoms with Gasteiger partial charge >= 0.3 is 12.1 Å². The molecule has 0 fully saturated rings. The second-order valence-electron chi connectivity index (χ2n) is 9.68. The van der Waals surface area contributed by atoms with Gasteiger partial charge in [0.2, 0.25) is 10.0 Å². The number of thiophene rings is 1.